The van der Waals surface area contributed by atoms with Gasteiger partial charge in [-0.25, -0.2) is 4.98 Å². The van der Waals surface area contributed by atoms with Crippen LogP contribution in [0.5, 0.6) is 0 Å². The van der Waals surface area contributed by atoms with Crippen molar-refractivity contribution in [3.8, 4) is 0 Å². The van der Waals surface area contributed by atoms with Crippen LogP contribution in [0.4, 0.5) is 0 Å². The molecular formula is C15H21N3O2S. The smallest absolute Gasteiger partial charge is 0.273 e. The molecule has 6 heteroatoms. The number of aromatic nitrogens is 1. The Morgan fingerprint density at radius 1 is 1.29 bits per heavy atom. The highest BCUT2D eigenvalue weighted by Gasteiger charge is 2.45. The molecule has 2 aliphatic rings. The topological polar surface area (TPSA) is 53.5 Å². The van der Waals surface area contributed by atoms with Gasteiger partial charge in [0.15, 0.2) is 0 Å². The maximum Gasteiger partial charge on any atom is 0.273 e. The Bertz CT molecular complexity index is 561. The summed E-state index contributed by atoms with van der Waals surface area (Å²) in [5, 5.41) is 2.73. The lowest BCUT2D eigenvalue weighted by molar-refractivity contribution is -0.147. The molecule has 114 valence electrons. The van der Waals surface area contributed by atoms with Crippen LogP contribution in [0.2, 0.25) is 0 Å². The van der Waals surface area contributed by atoms with Crippen molar-refractivity contribution in [2.45, 2.75) is 32.6 Å². The maximum atomic E-state index is 12.5. The average molecular weight is 307 g/mol. The lowest BCUT2D eigenvalue weighted by Crippen LogP contribution is -2.53. The molecule has 5 nitrogen and oxygen atoms in total. The van der Waals surface area contributed by atoms with Crippen molar-refractivity contribution < 1.29 is 9.59 Å². The first-order valence-corrected chi connectivity index (χ1v) is 8.37. The third-order valence-electron chi connectivity index (χ3n) is 4.80. The molecular weight excluding hydrogens is 286 g/mol. The van der Waals surface area contributed by atoms with E-state index in [9.17, 15) is 9.59 Å². The summed E-state index contributed by atoms with van der Waals surface area (Å²) in [6, 6.07) is 0. The van der Waals surface area contributed by atoms with Gasteiger partial charge in [0, 0.05) is 32.1 Å². The molecule has 1 aromatic rings. The van der Waals surface area contributed by atoms with E-state index in [4.69, 9.17) is 0 Å². The van der Waals surface area contributed by atoms with Crippen LogP contribution in [0, 0.1) is 12.3 Å². The average Bonchev–Trinajstić information content (AvgIpc) is 2.91. The molecule has 0 aliphatic carbocycles. The Morgan fingerprint density at radius 3 is 2.62 bits per heavy atom. The predicted molar refractivity (Wildman–Crippen MR) is 81.3 cm³/mol. The minimum atomic E-state index is -0.220. The first-order chi connectivity index (χ1) is 10.0. The fourth-order valence-electron chi connectivity index (χ4n) is 3.49. The first-order valence-electron chi connectivity index (χ1n) is 7.49. The number of likely N-dealkylation sites (tertiary alicyclic amines) is 2. The summed E-state index contributed by atoms with van der Waals surface area (Å²) in [6.45, 7) is 4.09. The molecule has 2 saturated heterocycles. The lowest BCUT2D eigenvalue weighted by atomic mass is 9.72. The molecule has 0 unspecified atom stereocenters. The van der Waals surface area contributed by atoms with Crippen LogP contribution in [0.15, 0.2) is 5.38 Å². The molecule has 0 atom stereocenters. The molecule has 2 aliphatic heterocycles. The minimum Gasteiger partial charge on any atom is -0.345 e. The summed E-state index contributed by atoms with van der Waals surface area (Å²) >= 11 is 1.50. The monoisotopic (exact) mass is 307 g/mol. The van der Waals surface area contributed by atoms with Crippen LogP contribution in [0.3, 0.4) is 0 Å². The normalized spacial score (nSPS) is 21.9. The van der Waals surface area contributed by atoms with E-state index in [0.717, 1.165) is 37.2 Å². The van der Waals surface area contributed by atoms with Crippen molar-refractivity contribution >= 4 is 23.2 Å². The van der Waals surface area contributed by atoms with Crippen molar-refractivity contribution in [2.24, 2.45) is 5.41 Å². The van der Waals surface area contributed by atoms with Crippen LogP contribution in [-0.2, 0) is 4.79 Å². The van der Waals surface area contributed by atoms with Gasteiger partial charge in [-0.2, -0.15) is 0 Å². The SMILES string of the molecule is Cc1nc(C(=O)N2CCC3(CCCN(C)C3=O)CC2)cs1. The highest BCUT2D eigenvalue weighted by Crippen LogP contribution is 2.40. The Morgan fingerprint density at radius 2 is 2.00 bits per heavy atom. The van der Waals surface area contributed by atoms with Crippen LogP contribution >= 0.6 is 11.3 Å². The van der Waals surface area contributed by atoms with E-state index < -0.39 is 0 Å². The van der Waals surface area contributed by atoms with E-state index in [1.165, 1.54) is 11.3 Å². The molecule has 3 heterocycles. The quantitative estimate of drug-likeness (QED) is 0.796. The molecule has 0 N–H and O–H groups in total. The second-order valence-corrected chi connectivity index (χ2v) is 7.22. The van der Waals surface area contributed by atoms with Crippen molar-refractivity contribution in [3.63, 3.8) is 0 Å². The van der Waals surface area contributed by atoms with E-state index in [1.54, 1.807) is 0 Å². The standard InChI is InChI=1S/C15H21N3O2S/c1-11-16-12(10-21-11)13(19)18-8-5-15(6-9-18)4-3-7-17(2)14(15)20/h10H,3-9H2,1-2H3. The third-order valence-corrected chi connectivity index (χ3v) is 5.57. The number of piperidine rings is 2. The van der Waals surface area contributed by atoms with Gasteiger partial charge in [0.05, 0.1) is 10.4 Å². The fourth-order valence-corrected chi connectivity index (χ4v) is 4.08. The minimum absolute atomic E-state index is 0.00538. The Labute approximate surface area is 129 Å². The maximum absolute atomic E-state index is 12.5. The van der Waals surface area contributed by atoms with Gasteiger partial charge in [-0.1, -0.05) is 0 Å². The number of aryl methyl sites for hydroxylation is 1. The lowest BCUT2D eigenvalue weighted by Gasteiger charge is -2.45. The van der Waals surface area contributed by atoms with Gasteiger partial charge in [-0.15, -0.1) is 11.3 Å². The zero-order valence-electron chi connectivity index (χ0n) is 12.6. The van der Waals surface area contributed by atoms with Crippen molar-refractivity contribution in [3.05, 3.63) is 16.1 Å². The molecule has 2 fully saturated rings. The van der Waals surface area contributed by atoms with E-state index in [-0.39, 0.29) is 17.2 Å². The first kappa shape index (κ1) is 14.5. The Balaban J connectivity index is 1.67. The van der Waals surface area contributed by atoms with Crippen LogP contribution < -0.4 is 0 Å². The molecule has 0 saturated carbocycles. The summed E-state index contributed by atoms with van der Waals surface area (Å²) in [4.78, 5) is 32.8. The van der Waals surface area contributed by atoms with Crippen LogP contribution in [0.25, 0.3) is 0 Å². The van der Waals surface area contributed by atoms with Gasteiger partial charge in [0.25, 0.3) is 5.91 Å². The van der Waals surface area contributed by atoms with Gasteiger partial charge >= 0.3 is 0 Å². The number of nitrogens with zero attached hydrogens (tertiary/aromatic N) is 3. The highest BCUT2D eigenvalue weighted by atomic mass is 32.1. The molecule has 0 aromatic carbocycles. The number of rotatable bonds is 1. The molecule has 2 amide bonds. The van der Waals surface area contributed by atoms with Crippen LogP contribution in [-0.4, -0.2) is 53.3 Å². The number of amides is 2. The van der Waals surface area contributed by atoms with Gasteiger partial charge < -0.3 is 9.80 Å². The molecule has 1 aromatic heterocycles. The van der Waals surface area contributed by atoms with Crippen molar-refractivity contribution in [2.75, 3.05) is 26.7 Å². The van der Waals surface area contributed by atoms with Gasteiger partial charge in [0.2, 0.25) is 5.91 Å². The number of thiazole rings is 1. The van der Waals surface area contributed by atoms with Crippen molar-refractivity contribution in [1.82, 2.24) is 14.8 Å². The number of carbonyl (C=O) groups is 2. The summed E-state index contributed by atoms with van der Waals surface area (Å²) in [6.07, 6.45) is 3.60. The van der Waals surface area contributed by atoms with Crippen molar-refractivity contribution in [1.29, 1.82) is 0 Å². The van der Waals surface area contributed by atoms with Gasteiger partial charge in [0.1, 0.15) is 5.69 Å². The molecule has 3 rings (SSSR count). The molecule has 0 radical (unpaired) electrons. The van der Waals surface area contributed by atoms with Crippen LogP contribution in [0.1, 0.15) is 41.2 Å². The van der Waals surface area contributed by atoms with E-state index >= 15 is 0 Å². The molecule has 21 heavy (non-hydrogen) atoms. The molecule has 1 spiro atoms. The van der Waals surface area contributed by atoms with E-state index in [2.05, 4.69) is 4.98 Å². The zero-order valence-corrected chi connectivity index (χ0v) is 13.4. The number of hydrogen-bond acceptors (Lipinski definition) is 4. The summed E-state index contributed by atoms with van der Waals surface area (Å²) in [5.41, 5.74) is 0.322. The van der Waals surface area contributed by atoms with Gasteiger partial charge in [-0.3, -0.25) is 9.59 Å². The highest BCUT2D eigenvalue weighted by molar-refractivity contribution is 7.09. The predicted octanol–water partition coefficient (Wildman–Crippen LogP) is 1.93. The number of carbonyl (C=O) groups excluding carboxylic acids is 2. The van der Waals surface area contributed by atoms with Gasteiger partial charge in [-0.05, 0) is 32.6 Å². The number of hydrogen-bond donors (Lipinski definition) is 0. The van der Waals surface area contributed by atoms with E-state index in [0.29, 0.717) is 18.8 Å². The zero-order chi connectivity index (χ0) is 15.0. The summed E-state index contributed by atoms with van der Waals surface area (Å²) < 4.78 is 0. The summed E-state index contributed by atoms with van der Waals surface area (Å²) in [7, 11) is 1.89. The largest absolute Gasteiger partial charge is 0.345 e. The Kier molecular flexibility index (Phi) is 3.73. The van der Waals surface area contributed by atoms with E-state index in [1.807, 2.05) is 29.2 Å². The fraction of sp³-hybridized carbons (Fsp3) is 0.667. The summed E-state index contributed by atoms with van der Waals surface area (Å²) in [5.74, 6) is 0.274. The second kappa shape index (κ2) is 5.40. The molecule has 0 bridgehead atoms. The third kappa shape index (κ3) is 2.57. The Hall–Kier alpha value is -1.43. The second-order valence-electron chi connectivity index (χ2n) is 6.15.